The Kier molecular flexibility index (Phi) is 6.31. The maximum absolute atomic E-state index is 3.72. The quantitative estimate of drug-likeness (QED) is 0.187. The summed E-state index contributed by atoms with van der Waals surface area (Å²) in [6.45, 7) is 0. The minimum atomic E-state index is 1.08. The van der Waals surface area contributed by atoms with E-state index >= 15 is 0 Å². The Bertz CT molecular complexity index is 2230. The van der Waals surface area contributed by atoms with Gasteiger partial charge in [-0.2, -0.15) is 0 Å². The van der Waals surface area contributed by atoms with E-state index in [-0.39, 0.29) is 0 Å². The van der Waals surface area contributed by atoms with Gasteiger partial charge in [0.05, 0.1) is 11.0 Å². The largest absolute Gasteiger partial charge is 0.310 e. The molecule has 0 saturated carbocycles. The van der Waals surface area contributed by atoms with Crippen molar-refractivity contribution in [2.45, 2.75) is 0 Å². The highest BCUT2D eigenvalue weighted by molar-refractivity contribution is 9.10. The van der Waals surface area contributed by atoms with E-state index in [1.807, 2.05) is 0 Å². The fourth-order valence-corrected chi connectivity index (χ4v) is 6.53. The summed E-state index contributed by atoms with van der Waals surface area (Å²) >= 11 is 3.72. The third-order valence-corrected chi connectivity index (χ3v) is 8.70. The predicted molar refractivity (Wildman–Crippen MR) is 186 cm³/mol. The Morgan fingerprint density at radius 1 is 0.419 bits per heavy atom. The van der Waals surface area contributed by atoms with Crippen LogP contribution in [0.2, 0.25) is 0 Å². The van der Waals surface area contributed by atoms with Gasteiger partial charge in [-0.05, 0) is 88.6 Å². The molecule has 0 N–H and O–H groups in total. The molecule has 0 spiro atoms. The summed E-state index contributed by atoms with van der Waals surface area (Å²) in [6, 6.07) is 58.7. The highest BCUT2D eigenvalue weighted by Gasteiger charge is 2.18. The molecule has 0 unspecified atom stereocenters. The van der Waals surface area contributed by atoms with Crippen molar-refractivity contribution in [1.82, 2.24) is 4.57 Å². The van der Waals surface area contributed by atoms with Crippen molar-refractivity contribution in [3.63, 3.8) is 0 Å². The molecule has 0 atom stereocenters. The van der Waals surface area contributed by atoms with Crippen molar-refractivity contribution in [2.24, 2.45) is 0 Å². The van der Waals surface area contributed by atoms with Crippen LogP contribution < -0.4 is 4.90 Å². The molecule has 204 valence electrons. The molecule has 0 saturated heterocycles. The van der Waals surface area contributed by atoms with Gasteiger partial charge >= 0.3 is 0 Å². The number of anilines is 3. The SMILES string of the molecule is Brc1ccc2c(c1)c1ccc(N(c3ccccc3)c3ccc(-c4ccccc4)cc3)cc1n2-c1ccc2ccccc2c1. The number of halogens is 1. The first kappa shape index (κ1) is 25.6. The number of benzene rings is 7. The van der Waals surface area contributed by atoms with Crippen LogP contribution in [0.1, 0.15) is 0 Å². The van der Waals surface area contributed by atoms with Crippen LogP contribution in [0, 0.1) is 0 Å². The lowest BCUT2D eigenvalue weighted by Gasteiger charge is -2.26. The van der Waals surface area contributed by atoms with Crippen LogP contribution in [-0.2, 0) is 0 Å². The Labute approximate surface area is 259 Å². The van der Waals surface area contributed by atoms with Gasteiger partial charge in [-0.3, -0.25) is 0 Å². The van der Waals surface area contributed by atoms with Gasteiger partial charge in [-0.1, -0.05) is 113 Å². The van der Waals surface area contributed by atoms with Crippen LogP contribution >= 0.6 is 15.9 Å². The molecule has 1 heterocycles. The molecule has 0 aliphatic carbocycles. The van der Waals surface area contributed by atoms with Crippen molar-refractivity contribution in [2.75, 3.05) is 4.90 Å². The number of aromatic nitrogens is 1. The third kappa shape index (κ3) is 4.59. The number of para-hydroxylation sites is 1. The Balaban J connectivity index is 1.34. The van der Waals surface area contributed by atoms with Crippen molar-refractivity contribution < 1.29 is 0 Å². The summed E-state index contributed by atoms with van der Waals surface area (Å²) in [5, 5.41) is 4.92. The average molecular weight is 616 g/mol. The zero-order valence-electron chi connectivity index (χ0n) is 23.4. The van der Waals surface area contributed by atoms with E-state index in [2.05, 4.69) is 189 Å². The van der Waals surface area contributed by atoms with Gasteiger partial charge in [0.1, 0.15) is 0 Å². The average Bonchev–Trinajstić information content (AvgIpc) is 3.38. The third-order valence-electron chi connectivity index (χ3n) is 8.21. The minimum absolute atomic E-state index is 1.08. The number of hydrogen-bond acceptors (Lipinski definition) is 1. The first-order valence-electron chi connectivity index (χ1n) is 14.5. The smallest absolute Gasteiger partial charge is 0.0561 e. The van der Waals surface area contributed by atoms with E-state index < -0.39 is 0 Å². The number of hydrogen-bond donors (Lipinski definition) is 0. The fourth-order valence-electron chi connectivity index (χ4n) is 6.17. The molecule has 7 aromatic carbocycles. The molecular weight excluding hydrogens is 588 g/mol. The second-order valence-electron chi connectivity index (χ2n) is 10.8. The van der Waals surface area contributed by atoms with Gasteiger partial charge in [-0.15, -0.1) is 0 Å². The van der Waals surface area contributed by atoms with Crippen LogP contribution in [-0.4, -0.2) is 4.57 Å². The minimum Gasteiger partial charge on any atom is -0.310 e. The molecule has 0 bridgehead atoms. The molecule has 2 nitrogen and oxygen atoms in total. The Morgan fingerprint density at radius 2 is 1.07 bits per heavy atom. The molecule has 8 aromatic rings. The molecule has 0 amide bonds. The molecule has 0 aliphatic rings. The molecule has 43 heavy (non-hydrogen) atoms. The van der Waals surface area contributed by atoms with Crippen LogP contribution in [0.5, 0.6) is 0 Å². The van der Waals surface area contributed by atoms with Gasteiger partial charge in [-0.25, -0.2) is 0 Å². The highest BCUT2D eigenvalue weighted by Crippen LogP contribution is 2.40. The van der Waals surface area contributed by atoms with Gasteiger partial charge in [0.15, 0.2) is 0 Å². The normalized spacial score (nSPS) is 11.4. The van der Waals surface area contributed by atoms with Crippen molar-refractivity contribution in [3.05, 3.63) is 168 Å². The molecule has 0 fully saturated rings. The van der Waals surface area contributed by atoms with Crippen LogP contribution in [0.15, 0.2) is 168 Å². The first-order valence-corrected chi connectivity index (χ1v) is 15.3. The lowest BCUT2D eigenvalue weighted by atomic mass is 10.0. The van der Waals surface area contributed by atoms with E-state index in [0.717, 1.165) is 27.2 Å². The van der Waals surface area contributed by atoms with Gasteiger partial charge in [0.2, 0.25) is 0 Å². The standard InChI is InChI=1S/C40H27BrN2/c41-32-18-24-39-38(26-32)37-23-22-36(27-40(37)43(39)35-21-17-29-11-7-8-12-31(29)25-35)42(33-13-5-2-6-14-33)34-19-15-30(16-20-34)28-9-3-1-4-10-28/h1-27H. The second-order valence-corrected chi connectivity index (χ2v) is 11.7. The van der Waals surface area contributed by atoms with Gasteiger partial charge in [0.25, 0.3) is 0 Å². The van der Waals surface area contributed by atoms with E-state index in [9.17, 15) is 0 Å². The summed E-state index contributed by atoms with van der Waals surface area (Å²) in [6.07, 6.45) is 0. The lowest BCUT2D eigenvalue weighted by Crippen LogP contribution is -2.10. The predicted octanol–water partition coefficient (Wildman–Crippen LogP) is 11.8. The highest BCUT2D eigenvalue weighted by atomic mass is 79.9. The Morgan fingerprint density at radius 3 is 1.86 bits per heavy atom. The van der Waals surface area contributed by atoms with Crippen molar-refractivity contribution in [1.29, 1.82) is 0 Å². The maximum Gasteiger partial charge on any atom is 0.0561 e. The summed E-state index contributed by atoms with van der Waals surface area (Å²) in [5.41, 5.74) is 9.26. The zero-order valence-corrected chi connectivity index (χ0v) is 24.9. The number of nitrogens with zero attached hydrogens (tertiary/aromatic N) is 2. The van der Waals surface area contributed by atoms with Crippen molar-refractivity contribution >= 4 is 65.6 Å². The molecular formula is C40H27BrN2. The second kappa shape index (κ2) is 10.6. The molecule has 8 rings (SSSR count). The fraction of sp³-hybridized carbons (Fsp3) is 0. The van der Waals surface area contributed by atoms with E-state index in [1.165, 1.54) is 43.7 Å². The number of fused-ring (bicyclic) bond motifs is 4. The van der Waals surface area contributed by atoms with Crippen molar-refractivity contribution in [3.8, 4) is 16.8 Å². The maximum atomic E-state index is 3.72. The summed E-state index contributed by atoms with van der Waals surface area (Å²) in [7, 11) is 0. The zero-order chi connectivity index (χ0) is 28.8. The summed E-state index contributed by atoms with van der Waals surface area (Å²) < 4.78 is 3.47. The monoisotopic (exact) mass is 614 g/mol. The first-order chi connectivity index (χ1) is 21.2. The van der Waals surface area contributed by atoms with E-state index in [0.29, 0.717) is 0 Å². The molecule has 0 radical (unpaired) electrons. The summed E-state index contributed by atoms with van der Waals surface area (Å²) in [4.78, 5) is 2.34. The van der Waals surface area contributed by atoms with Gasteiger partial charge in [0, 0.05) is 38.0 Å². The van der Waals surface area contributed by atoms with Crippen LogP contribution in [0.25, 0.3) is 49.4 Å². The van der Waals surface area contributed by atoms with Crippen LogP contribution in [0.4, 0.5) is 17.1 Å². The number of rotatable bonds is 5. The van der Waals surface area contributed by atoms with E-state index in [4.69, 9.17) is 0 Å². The van der Waals surface area contributed by atoms with E-state index in [1.54, 1.807) is 0 Å². The Hall–Kier alpha value is -5.12. The molecule has 3 heteroatoms. The molecule has 0 aliphatic heterocycles. The topological polar surface area (TPSA) is 8.17 Å². The lowest BCUT2D eigenvalue weighted by molar-refractivity contribution is 1.18. The van der Waals surface area contributed by atoms with Gasteiger partial charge < -0.3 is 9.47 Å². The van der Waals surface area contributed by atoms with Crippen LogP contribution in [0.3, 0.4) is 0 Å². The molecule has 1 aromatic heterocycles. The summed E-state index contributed by atoms with van der Waals surface area (Å²) in [5.74, 6) is 0.